The molecule has 0 atom stereocenters. The molecule has 3 N–H and O–H groups in total. The fraction of sp³-hybridized carbons (Fsp3) is 0.111. The first-order chi connectivity index (χ1) is 7.80. The van der Waals surface area contributed by atoms with Crippen molar-refractivity contribution < 1.29 is 18.0 Å². The molecule has 1 rings (SSSR count). The third-order valence-electron chi connectivity index (χ3n) is 1.71. The van der Waals surface area contributed by atoms with E-state index in [4.69, 9.17) is 5.73 Å². The van der Waals surface area contributed by atoms with Crippen molar-refractivity contribution in [1.82, 2.24) is 5.43 Å². The number of hydrogen-bond acceptors (Lipinski definition) is 2. The second kappa shape index (κ2) is 5.17. The smallest absolute Gasteiger partial charge is 0.350 e. The zero-order chi connectivity index (χ0) is 13.1. The molecule has 0 aliphatic heterocycles. The molecule has 0 unspecified atom stereocenters. The van der Waals surface area contributed by atoms with E-state index in [9.17, 15) is 18.0 Å². The Labute approximate surface area is 103 Å². The molecule has 0 saturated heterocycles. The summed E-state index contributed by atoms with van der Waals surface area (Å²) in [5, 5.41) is 3.43. The van der Waals surface area contributed by atoms with Crippen molar-refractivity contribution in [3.63, 3.8) is 0 Å². The third kappa shape index (κ3) is 4.06. The van der Waals surface area contributed by atoms with Crippen molar-refractivity contribution in [3.05, 3.63) is 33.8 Å². The SMILES string of the molecule is NC(=O)NN=Cc1ccc(C(F)(F)F)cc1Br. The van der Waals surface area contributed by atoms with Gasteiger partial charge in [-0.1, -0.05) is 22.0 Å². The molecule has 0 fully saturated rings. The van der Waals surface area contributed by atoms with E-state index in [0.717, 1.165) is 12.1 Å². The van der Waals surface area contributed by atoms with E-state index in [0.29, 0.717) is 5.56 Å². The van der Waals surface area contributed by atoms with Crippen molar-refractivity contribution in [2.24, 2.45) is 10.8 Å². The summed E-state index contributed by atoms with van der Waals surface area (Å²) in [5.74, 6) is 0. The average molecular weight is 310 g/mol. The Kier molecular flexibility index (Phi) is 4.11. The van der Waals surface area contributed by atoms with Gasteiger partial charge in [0.25, 0.3) is 0 Å². The van der Waals surface area contributed by atoms with Crippen molar-refractivity contribution in [2.75, 3.05) is 0 Å². The van der Waals surface area contributed by atoms with Crippen LogP contribution in [0.4, 0.5) is 18.0 Å². The zero-order valence-corrected chi connectivity index (χ0v) is 9.84. The number of amides is 2. The molecule has 0 spiro atoms. The second-order valence-corrected chi connectivity index (χ2v) is 3.82. The highest BCUT2D eigenvalue weighted by Crippen LogP contribution is 2.31. The van der Waals surface area contributed by atoms with Gasteiger partial charge < -0.3 is 5.73 Å². The van der Waals surface area contributed by atoms with Gasteiger partial charge in [0, 0.05) is 10.0 Å². The van der Waals surface area contributed by atoms with Crippen molar-refractivity contribution in [2.45, 2.75) is 6.18 Å². The first-order valence-corrected chi connectivity index (χ1v) is 5.05. The summed E-state index contributed by atoms with van der Waals surface area (Å²) in [6.45, 7) is 0. The Bertz CT molecular complexity index is 459. The van der Waals surface area contributed by atoms with Crippen LogP contribution in [0.5, 0.6) is 0 Å². The number of carbonyl (C=O) groups is 1. The molecule has 17 heavy (non-hydrogen) atoms. The Morgan fingerprint density at radius 3 is 2.59 bits per heavy atom. The van der Waals surface area contributed by atoms with Gasteiger partial charge in [-0.05, 0) is 12.1 Å². The fourth-order valence-corrected chi connectivity index (χ4v) is 1.45. The van der Waals surface area contributed by atoms with E-state index < -0.39 is 17.8 Å². The summed E-state index contributed by atoms with van der Waals surface area (Å²) >= 11 is 2.97. The number of nitrogens with two attached hydrogens (primary N) is 1. The van der Waals surface area contributed by atoms with Gasteiger partial charge in [0.15, 0.2) is 0 Å². The lowest BCUT2D eigenvalue weighted by atomic mass is 10.1. The van der Waals surface area contributed by atoms with Crippen molar-refractivity contribution >= 4 is 28.2 Å². The summed E-state index contributed by atoms with van der Waals surface area (Å²) in [4.78, 5) is 10.3. The lowest BCUT2D eigenvalue weighted by Crippen LogP contribution is -2.24. The van der Waals surface area contributed by atoms with Crippen LogP contribution in [0.1, 0.15) is 11.1 Å². The molecule has 0 bridgehead atoms. The minimum absolute atomic E-state index is 0.211. The standard InChI is InChI=1S/C9H7BrF3N3O/c10-7-3-6(9(11,12)13)2-1-5(7)4-15-16-8(14)17/h1-4H,(H3,14,16,17). The lowest BCUT2D eigenvalue weighted by Gasteiger charge is -2.07. The first-order valence-electron chi connectivity index (χ1n) is 4.26. The number of primary amides is 1. The molecule has 0 radical (unpaired) electrons. The predicted octanol–water partition coefficient (Wildman–Crippen LogP) is 2.47. The number of alkyl halides is 3. The van der Waals surface area contributed by atoms with E-state index in [1.165, 1.54) is 12.3 Å². The van der Waals surface area contributed by atoms with Gasteiger partial charge in [-0.3, -0.25) is 0 Å². The molecule has 8 heteroatoms. The third-order valence-corrected chi connectivity index (χ3v) is 2.39. The fourth-order valence-electron chi connectivity index (χ4n) is 0.974. The van der Waals surface area contributed by atoms with E-state index in [1.807, 2.05) is 5.43 Å². The Morgan fingerprint density at radius 2 is 2.12 bits per heavy atom. The zero-order valence-electron chi connectivity index (χ0n) is 8.25. The molecule has 0 aliphatic rings. The van der Waals surface area contributed by atoms with Crippen molar-refractivity contribution in [1.29, 1.82) is 0 Å². The molecular weight excluding hydrogens is 303 g/mol. The number of nitrogens with one attached hydrogen (secondary N) is 1. The summed E-state index contributed by atoms with van der Waals surface area (Å²) in [5.41, 5.74) is 6.29. The maximum atomic E-state index is 12.3. The van der Waals surface area contributed by atoms with Crippen LogP contribution in [0.15, 0.2) is 27.8 Å². The highest BCUT2D eigenvalue weighted by atomic mass is 79.9. The number of rotatable bonds is 2. The van der Waals surface area contributed by atoms with Gasteiger partial charge in [-0.25, -0.2) is 10.2 Å². The van der Waals surface area contributed by atoms with Crippen LogP contribution < -0.4 is 11.2 Å². The van der Waals surface area contributed by atoms with Gasteiger partial charge in [-0.15, -0.1) is 0 Å². The molecule has 1 aromatic carbocycles. The average Bonchev–Trinajstić information content (AvgIpc) is 2.18. The predicted molar refractivity (Wildman–Crippen MR) is 59.5 cm³/mol. The monoisotopic (exact) mass is 309 g/mol. The quantitative estimate of drug-likeness (QED) is 0.639. The van der Waals surface area contributed by atoms with Crippen molar-refractivity contribution in [3.8, 4) is 0 Å². The topological polar surface area (TPSA) is 67.5 Å². The first kappa shape index (κ1) is 13.5. The largest absolute Gasteiger partial charge is 0.416 e. The van der Waals surface area contributed by atoms with E-state index in [1.54, 1.807) is 0 Å². The molecule has 0 saturated carbocycles. The van der Waals surface area contributed by atoms with E-state index in [-0.39, 0.29) is 4.47 Å². The maximum Gasteiger partial charge on any atom is 0.416 e. The summed E-state index contributed by atoms with van der Waals surface area (Å²) in [6, 6.07) is 2.20. The number of benzene rings is 1. The molecule has 0 aliphatic carbocycles. The van der Waals surface area contributed by atoms with E-state index >= 15 is 0 Å². The Hall–Kier alpha value is -1.57. The van der Waals surface area contributed by atoms with Gasteiger partial charge >= 0.3 is 12.2 Å². The molecule has 1 aromatic rings. The van der Waals surface area contributed by atoms with Gasteiger partial charge in [0.1, 0.15) is 0 Å². The van der Waals surface area contributed by atoms with Crippen LogP contribution in [-0.2, 0) is 6.18 Å². The van der Waals surface area contributed by atoms with Gasteiger partial charge in [-0.2, -0.15) is 18.3 Å². The normalized spacial score (nSPS) is 11.8. The second-order valence-electron chi connectivity index (χ2n) is 2.97. The summed E-state index contributed by atoms with van der Waals surface area (Å²) in [6.07, 6.45) is -3.22. The number of hydrogen-bond donors (Lipinski definition) is 2. The van der Waals surface area contributed by atoms with Crippen LogP contribution in [0, 0.1) is 0 Å². The number of halogens is 4. The number of urea groups is 1. The van der Waals surface area contributed by atoms with Crippen LogP contribution >= 0.6 is 15.9 Å². The molecule has 0 aromatic heterocycles. The van der Waals surface area contributed by atoms with Crippen LogP contribution in [0.2, 0.25) is 0 Å². The minimum Gasteiger partial charge on any atom is -0.350 e. The summed E-state index contributed by atoms with van der Waals surface area (Å²) < 4.78 is 37.2. The number of nitrogens with zero attached hydrogens (tertiary/aromatic N) is 1. The summed E-state index contributed by atoms with van der Waals surface area (Å²) in [7, 11) is 0. The lowest BCUT2D eigenvalue weighted by molar-refractivity contribution is -0.137. The van der Waals surface area contributed by atoms with Gasteiger partial charge in [0.05, 0.1) is 11.8 Å². The van der Waals surface area contributed by atoms with Crippen LogP contribution in [0.3, 0.4) is 0 Å². The van der Waals surface area contributed by atoms with E-state index in [2.05, 4.69) is 21.0 Å². The molecule has 4 nitrogen and oxygen atoms in total. The molecule has 2 amide bonds. The highest BCUT2D eigenvalue weighted by Gasteiger charge is 2.30. The van der Waals surface area contributed by atoms with Crippen LogP contribution in [-0.4, -0.2) is 12.2 Å². The Morgan fingerprint density at radius 1 is 1.47 bits per heavy atom. The molecule has 0 heterocycles. The Balaban J connectivity index is 2.91. The number of hydrazone groups is 1. The highest BCUT2D eigenvalue weighted by molar-refractivity contribution is 9.10. The molecule has 92 valence electrons. The minimum atomic E-state index is -4.40. The van der Waals surface area contributed by atoms with Gasteiger partial charge in [0.2, 0.25) is 0 Å². The van der Waals surface area contributed by atoms with Crippen LogP contribution in [0.25, 0.3) is 0 Å². The maximum absolute atomic E-state index is 12.3. The molecular formula is C9H7BrF3N3O. The number of carbonyl (C=O) groups excluding carboxylic acids is 1.